The van der Waals surface area contributed by atoms with Gasteiger partial charge in [0.15, 0.2) is 0 Å². The Morgan fingerprint density at radius 1 is 1.47 bits per heavy atom. The minimum absolute atomic E-state index is 0.144. The second-order valence-electron chi connectivity index (χ2n) is 3.92. The van der Waals surface area contributed by atoms with Crippen LogP contribution in [0.15, 0.2) is 24.4 Å². The minimum Gasteiger partial charge on any atom is -0.397 e. The summed E-state index contributed by atoms with van der Waals surface area (Å²) in [4.78, 5) is 14.2. The van der Waals surface area contributed by atoms with Crippen LogP contribution in [0.25, 0.3) is 11.3 Å². The maximum atomic E-state index is 13.5. The molecule has 7 heteroatoms. The molecule has 19 heavy (non-hydrogen) atoms. The Bertz CT molecular complexity index is 676. The molecule has 0 aliphatic carbocycles. The maximum Gasteiger partial charge on any atom is 0.275 e. The van der Waals surface area contributed by atoms with E-state index < -0.39 is 10.7 Å². The molecular formula is C12H9ClFN3O2. The van der Waals surface area contributed by atoms with Gasteiger partial charge in [-0.15, -0.1) is 0 Å². The fourth-order valence-electron chi connectivity index (χ4n) is 1.75. The first-order chi connectivity index (χ1) is 8.91. The zero-order chi connectivity index (χ0) is 14.2. The van der Waals surface area contributed by atoms with E-state index in [2.05, 4.69) is 4.98 Å². The molecule has 1 aromatic heterocycles. The summed E-state index contributed by atoms with van der Waals surface area (Å²) in [5.74, 6) is -0.729. The summed E-state index contributed by atoms with van der Waals surface area (Å²) in [5.41, 5.74) is 6.36. The maximum absolute atomic E-state index is 13.5. The summed E-state index contributed by atoms with van der Waals surface area (Å²) in [7, 11) is 0. The van der Waals surface area contributed by atoms with Crippen molar-refractivity contribution in [2.24, 2.45) is 0 Å². The normalized spacial score (nSPS) is 10.5. The Morgan fingerprint density at radius 3 is 2.79 bits per heavy atom. The molecule has 0 aliphatic heterocycles. The summed E-state index contributed by atoms with van der Waals surface area (Å²) in [5, 5.41) is 11.0. The van der Waals surface area contributed by atoms with Gasteiger partial charge >= 0.3 is 0 Å². The fourth-order valence-corrected chi connectivity index (χ4v) is 1.96. The van der Waals surface area contributed by atoms with Gasteiger partial charge in [0, 0.05) is 17.3 Å². The van der Waals surface area contributed by atoms with E-state index in [4.69, 9.17) is 17.3 Å². The van der Waals surface area contributed by atoms with E-state index in [1.54, 1.807) is 0 Å². The summed E-state index contributed by atoms with van der Waals surface area (Å²) < 4.78 is 13.5. The molecule has 1 heterocycles. The van der Waals surface area contributed by atoms with E-state index in [9.17, 15) is 14.5 Å². The molecule has 0 spiro atoms. The van der Waals surface area contributed by atoms with Gasteiger partial charge in [-0.05, 0) is 19.1 Å². The summed E-state index contributed by atoms with van der Waals surface area (Å²) in [6.07, 6.45) is 1.41. The van der Waals surface area contributed by atoms with Crippen LogP contribution < -0.4 is 5.73 Å². The quantitative estimate of drug-likeness (QED) is 0.676. The number of nitrogens with two attached hydrogens (primary N) is 1. The van der Waals surface area contributed by atoms with Crippen molar-refractivity contribution in [2.75, 3.05) is 5.73 Å². The van der Waals surface area contributed by atoms with Crippen molar-refractivity contribution in [1.29, 1.82) is 0 Å². The van der Waals surface area contributed by atoms with E-state index in [0.717, 1.165) is 12.1 Å². The van der Waals surface area contributed by atoms with Crippen LogP contribution in [0.3, 0.4) is 0 Å². The van der Waals surface area contributed by atoms with Gasteiger partial charge in [-0.3, -0.25) is 15.1 Å². The van der Waals surface area contributed by atoms with Crippen LogP contribution in [0, 0.1) is 22.9 Å². The number of benzene rings is 1. The molecular weight excluding hydrogens is 273 g/mol. The second kappa shape index (κ2) is 4.81. The van der Waals surface area contributed by atoms with Crippen molar-refractivity contribution >= 4 is 23.0 Å². The Morgan fingerprint density at radius 2 is 2.16 bits per heavy atom. The summed E-state index contributed by atoms with van der Waals surface area (Å²) in [6.45, 7) is 1.51. The number of nitro benzene ring substituents is 1. The fraction of sp³-hybridized carbons (Fsp3) is 0.0833. The molecule has 0 amide bonds. The van der Waals surface area contributed by atoms with E-state index >= 15 is 0 Å². The highest BCUT2D eigenvalue weighted by atomic mass is 35.5. The second-order valence-corrected chi connectivity index (χ2v) is 4.30. The number of aromatic nitrogens is 1. The zero-order valence-electron chi connectivity index (χ0n) is 9.85. The number of nitrogen functional groups attached to an aromatic ring is 1. The van der Waals surface area contributed by atoms with Gasteiger partial charge in [0.2, 0.25) is 0 Å². The lowest BCUT2D eigenvalue weighted by Gasteiger charge is -2.09. The van der Waals surface area contributed by atoms with Crippen LogP contribution in [-0.2, 0) is 0 Å². The monoisotopic (exact) mass is 281 g/mol. The van der Waals surface area contributed by atoms with Crippen molar-refractivity contribution in [3.63, 3.8) is 0 Å². The molecule has 2 N–H and O–H groups in total. The van der Waals surface area contributed by atoms with Gasteiger partial charge in [-0.2, -0.15) is 0 Å². The highest BCUT2D eigenvalue weighted by Gasteiger charge is 2.20. The molecule has 98 valence electrons. The number of halogens is 2. The van der Waals surface area contributed by atoms with Crippen LogP contribution in [-0.4, -0.2) is 9.91 Å². The average molecular weight is 282 g/mol. The highest BCUT2D eigenvalue weighted by molar-refractivity contribution is 6.35. The van der Waals surface area contributed by atoms with E-state index in [1.165, 1.54) is 19.2 Å². The van der Waals surface area contributed by atoms with Crippen molar-refractivity contribution in [2.45, 2.75) is 6.92 Å². The smallest absolute Gasteiger partial charge is 0.275 e. The van der Waals surface area contributed by atoms with Gasteiger partial charge in [0.1, 0.15) is 5.82 Å². The van der Waals surface area contributed by atoms with Crippen molar-refractivity contribution in [1.82, 2.24) is 4.98 Å². The number of nitro groups is 1. The topological polar surface area (TPSA) is 82.0 Å². The molecule has 1 aromatic carbocycles. The van der Waals surface area contributed by atoms with Crippen molar-refractivity contribution in [3.8, 4) is 11.3 Å². The lowest BCUT2D eigenvalue weighted by Crippen LogP contribution is -1.98. The minimum atomic E-state index is -0.729. The molecule has 0 unspecified atom stereocenters. The number of hydrogen-bond donors (Lipinski definition) is 1. The predicted molar refractivity (Wildman–Crippen MR) is 70.4 cm³/mol. The Hall–Kier alpha value is -2.21. The van der Waals surface area contributed by atoms with Gasteiger partial charge in [-0.1, -0.05) is 11.6 Å². The number of rotatable bonds is 2. The third kappa shape index (κ3) is 2.34. The van der Waals surface area contributed by atoms with E-state index in [1.807, 2.05) is 0 Å². The molecule has 0 saturated heterocycles. The van der Waals surface area contributed by atoms with Gasteiger partial charge < -0.3 is 5.73 Å². The third-order valence-electron chi connectivity index (χ3n) is 2.72. The molecule has 0 bridgehead atoms. The van der Waals surface area contributed by atoms with Crippen LogP contribution in [0.1, 0.15) is 5.56 Å². The molecule has 0 saturated carbocycles. The van der Waals surface area contributed by atoms with Crippen LogP contribution >= 0.6 is 11.6 Å². The first kappa shape index (κ1) is 13.2. The molecule has 0 atom stereocenters. The lowest BCUT2D eigenvalue weighted by atomic mass is 10.0. The first-order valence-corrected chi connectivity index (χ1v) is 5.64. The zero-order valence-corrected chi connectivity index (χ0v) is 10.6. The van der Waals surface area contributed by atoms with Crippen LogP contribution in [0.2, 0.25) is 5.02 Å². The number of nitrogens with zero attached hydrogens (tertiary/aromatic N) is 2. The van der Waals surface area contributed by atoms with Gasteiger partial charge in [-0.25, -0.2) is 4.39 Å². The van der Waals surface area contributed by atoms with Gasteiger partial charge in [0.05, 0.1) is 27.4 Å². The van der Waals surface area contributed by atoms with E-state index in [0.29, 0.717) is 0 Å². The number of hydrogen-bond acceptors (Lipinski definition) is 4. The standard InChI is InChI=1S/C12H9ClFN3O2/c1-6-8(4-7(14)5-10(6)17(18)19)12-11(13)9(15)2-3-16-12/h2-5H,1H3,(H2,15,16). The lowest BCUT2D eigenvalue weighted by molar-refractivity contribution is -0.385. The molecule has 0 fully saturated rings. The third-order valence-corrected chi connectivity index (χ3v) is 3.11. The Balaban J connectivity index is 2.76. The molecule has 2 aromatic rings. The Labute approximate surface area is 113 Å². The molecule has 5 nitrogen and oxygen atoms in total. The largest absolute Gasteiger partial charge is 0.397 e. The molecule has 2 rings (SSSR count). The van der Waals surface area contributed by atoms with Crippen molar-refractivity contribution in [3.05, 3.63) is 50.9 Å². The van der Waals surface area contributed by atoms with Gasteiger partial charge in [0.25, 0.3) is 5.69 Å². The SMILES string of the molecule is Cc1c(-c2nccc(N)c2Cl)cc(F)cc1[N+](=O)[O-]. The Kier molecular flexibility index (Phi) is 3.35. The highest BCUT2D eigenvalue weighted by Crippen LogP contribution is 2.35. The first-order valence-electron chi connectivity index (χ1n) is 5.26. The van der Waals surface area contributed by atoms with Crippen LogP contribution in [0.5, 0.6) is 0 Å². The van der Waals surface area contributed by atoms with E-state index in [-0.39, 0.29) is 33.2 Å². The molecule has 0 radical (unpaired) electrons. The average Bonchev–Trinajstić information content (AvgIpc) is 2.35. The number of pyridine rings is 1. The summed E-state index contributed by atoms with van der Waals surface area (Å²) >= 11 is 6.00. The predicted octanol–water partition coefficient (Wildman–Crippen LogP) is 3.34. The van der Waals surface area contributed by atoms with Crippen LogP contribution in [0.4, 0.5) is 15.8 Å². The number of anilines is 1. The molecule has 0 aliphatic rings. The summed E-state index contributed by atoms with van der Waals surface area (Å²) in [6, 6.07) is 3.50. The van der Waals surface area contributed by atoms with Crippen molar-refractivity contribution < 1.29 is 9.31 Å².